The molecule has 0 fully saturated rings. The number of rotatable bonds is 4. The van der Waals surface area contributed by atoms with E-state index in [1.54, 1.807) is 18.5 Å². The lowest BCUT2D eigenvalue weighted by Crippen LogP contribution is -2.26. The zero-order valence-corrected chi connectivity index (χ0v) is 13.8. The Morgan fingerprint density at radius 3 is 2.78 bits per heavy atom. The molecule has 0 aliphatic heterocycles. The first-order valence-corrected chi connectivity index (χ1v) is 8.17. The smallest absolute Gasteiger partial charge is 0.251 e. The average Bonchev–Trinajstić information content (AvgIpc) is 3.06. The van der Waals surface area contributed by atoms with Crippen LogP contribution in [0.15, 0.2) is 48.2 Å². The number of aromatic nitrogens is 3. The molecule has 1 amide bonds. The van der Waals surface area contributed by atoms with Crippen molar-refractivity contribution in [2.75, 3.05) is 0 Å². The van der Waals surface area contributed by atoms with E-state index < -0.39 is 0 Å². The number of halogens is 1. The van der Waals surface area contributed by atoms with Gasteiger partial charge >= 0.3 is 0 Å². The van der Waals surface area contributed by atoms with Gasteiger partial charge in [0.1, 0.15) is 10.2 Å². The number of carbonyl (C=O) groups is 1. The molecule has 3 heterocycles. The highest BCUT2D eigenvalue weighted by molar-refractivity contribution is 7.10. The van der Waals surface area contributed by atoms with Gasteiger partial charge in [-0.2, -0.15) is 0 Å². The Labute approximate surface area is 142 Å². The van der Waals surface area contributed by atoms with E-state index in [4.69, 9.17) is 11.6 Å². The third kappa shape index (κ3) is 3.72. The molecule has 1 N–H and O–H groups in total. The van der Waals surface area contributed by atoms with Crippen LogP contribution in [0.2, 0.25) is 5.15 Å². The topological polar surface area (TPSA) is 67.8 Å². The average molecular weight is 345 g/mol. The third-order valence-electron chi connectivity index (χ3n) is 3.20. The summed E-state index contributed by atoms with van der Waals surface area (Å²) >= 11 is 7.32. The molecule has 0 aliphatic rings. The van der Waals surface area contributed by atoms with Crippen molar-refractivity contribution in [3.05, 3.63) is 64.0 Å². The molecular formula is C16H13ClN4OS. The summed E-state index contributed by atoms with van der Waals surface area (Å²) in [6.45, 7) is 1.90. The maximum Gasteiger partial charge on any atom is 0.251 e. The molecule has 0 saturated carbocycles. The normalized spacial score (nSPS) is 11.9. The van der Waals surface area contributed by atoms with Gasteiger partial charge in [0.05, 0.1) is 11.7 Å². The highest BCUT2D eigenvalue weighted by Gasteiger charge is 2.15. The number of nitrogens with zero attached hydrogens (tertiary/aromatic N) is 3. The van der Waals surface area contributed by atoms with E-state index in [9.17, 15) is 4.79 Å². The number of nitrogens with one attached hydrogen (secondary N) is 1. The fourth-order valence-corrected chi connectivity index (χ4v) is 3.04. The van der Waals surface area contributed by atoms with Crippen molar-refractivity contribution >= 4 is 28.8 Å². The lowest BCUT2D eigenvalue weighted by Gasteiger charge is -2.11. The Kier molecular flexibility index (Phi) is 4.64. The van der Waals surface area contributed by atoms with Gasteiger partial charge in [-0.05, 0) is 31.2 Å². The lowest BCUT2D eigenvalue weighted by molar-refractivity contribution is 0.0939. The molecule has 23 heavy (non-hydrogen) atoms. The van der Waals surface area contributed by atoms with Crippen LogP contribution in [0.3, 0.4) is 0 Å². The maximum atomic E-state index is 12.2. The molecule has 0 spiro atoms. The fraction of sp³-hybridized carbons (Fsp3) is 0.125. The van der Waals surface area contributed by atoms with E-state index in [1.807, 2.05) is 24.4 Å². The van der Waals surface area contributed by atoms with Crippen molar-refractivity contribution in [3.8, 4) is 11.3 Å². The van der Waals surface area contributed by atoms with E-state index in [2.05, 4.69) is 20.3 Å². The summed E-state index contributed by atoms with van der Waals surface area (Å²) in [6.07, 6.45) is 4.96. The van der Waals surface area contributed by atoms with Crippen LogP contribution in [0.25, 0.3) is 11.3 Å². The molecule has 0 aromatic carbocycles. The summed E-state index contributed by atoms with van der Waals surface area (Å²) < 4.78 is 0. The highest BCUT2D eigenvalue weighted by atomic mass is 35.5. The number of carbonyl (C=O) groups excluding carboxylic acids is 1. The van der Waals surface area contributed by atoms with Crippen molar-refractivity contribution in [2.24, 2.45) is 0 Å². The summed E-state index contributed by atoms with van der Waals surface area (Å²) in [7, 11) is 0. The van der Waals surface area contributed by atoms with Crippen LogP contribution in [0.5, 0.6) is 0 Å². The predicted octanol–water partition coefficient (Wildman–Crippen LogP) is 3.74. The van der Waals surface area contributed by atoms with Crippen molar-refractivity contribution in [3.63, 3.8) is 0 Å². The van der Waals surface area contributed by atoms with Gasteiger partial charge < -0.3 is 5.32 Å². The highest BCUT2D eigenvalue weighted by Crippen LogP contribution is 2.25. The second kappa shape index (κ2) is 6.85. The van der Waals surface area contributed by atoms with E-state index in [-0.39, 0.29) is 11.9 Å². The lowest BCUT2D eigenvalue weighted by atomic mass is 10.2. The van der Waals surface area contributed by atoms with Crippen LogP contribution in [0.4, 0.5) is 0 Å². The van der Waals surface area contributed by atoms with Crippen LogP contribution in [-0.4, -0.2) is 20.9 Å². The minimum Gasteiger partial charge on any atom is -0.343 e. The first-order chi connectivity index (χ1) is 11.1. The molecule has 0 radical (unpaired) electrons. The fourth-order valence-electron chi connectivity index (χ4n) is 2.03. The van der Waals surface area contributed by atoms with Crippen molar-refractivity contribution in [1.29, 1.82) is 0 Å². The Hall–Kier alpha value is -2.31. The monoisotopic (exact) mass is 344 g/mol. The van der Waals surface area contributed by atoms with Gasteiger partial charge in [0.2, 0.25) is 0 Å². The minimum absolute atomic E-state index is 0.199. The van der Waals surface area contributed by atoms with E-state index in [0.717, 1.165) is 16.3 Å². The molecule has 116 valence electrons. The summed E-state index contributed by atoms with van der Waals surface area (Å²) in [5.41, 5.74) is 2.35. The largest absolute Gasteiger partial charge is 0.343 e. The summed E-state index contributed by atoms with van der Waals surface area (Å²) in [4.78, 5) is 24.7. The van der Waals surface area contributed by atoms with Gasteiger partial charge in [-0.1, -0.05) is 11.6 Å². The summed E-state index contributed by atoms with van der Waals surface area (Å²) in [5.74, 6) is -0.206. The van der Waals surface area contributed by atoms with Gasteiger partial charge in [-0.25, -0.2) is 9.97 Å². The van der Waals surface area contributed by atoms with Crippen molar-refractivity contribution in [2.45, 2.75) is 13.0 Å². The molecule has 0 saturated heterocycles. The quantitative estimate of drug-likeness (QED) is 0.732. The molecule has 0 aliphatic carbocycles. The van der Waals surface area contributed by atoms with Crippen LogP contribution in [-0.2, 0) is 0 Å². The molecule has 3 aromatic heterocycles. The van der Waals surface area contributed by atoms with Crippen LogP contribution in [0, 0.1) is 0 Å². The van der Waals surface area contributed by atoms with Gasteiger partial charge in [0.25, 0.3) is 5.91 Å². The first kappa shape index (κ1) is 15.6. The molecule has 3 rings (SSSR count). The molecule has 0 bridgehead atoms. The van der Waals surface area contributed by atoms with Crippen molar-refractivity contribution in [1.82, 2.24) is 20.3 Å². The zero-order valence-electron chi connectivity index (χ0n) is 12.2. The summed E-state index contributed by atoms with van der Waals surface area (Å²) in [6, 6.07) is 6.77. The summed E-state index contributed by atoms with van der Waals surface area (Å²) in [5, 5.41) is 6.01. The number of pyridine rings is 2. The molecule has 5 nitrogen and oxygen atoms in total. The maximum absolute atomic E-state index is 12.2. The SMILES string of the molecule is CC(NC(=O)c1ccnc(Cl)c1)c1nc(-c2ccncc2)cs1. The number of amides is 1. The number of thiazole rings is 1. The first-order valence-electron chi connectivity index (χ1n) is 6.92. The van der Waals surface area contributed by atoms with E-state index >= 15 is 0 Å². The zero-order chi connectivity index (χ0) is 16.2. The molecule has 7 heteroatoms. The van der Waals surface area contributed by atoms with Gasteiger partial charge in [0.15, 0.2) is 0 Å². The molecule has 3 aromatic rings. The van der Waals surface area contributed by atoms with Gasteiger partial charge in [-0.15, -0.1) is 11.3 Å². The Morgan fingerprint density at radius 2 is 2.04 bits per heavy atom. The molecule has 1 unspecified atom stereocenters. The second-order valence-electron chi connectivity index (χ2n) is 4.87. The van der Waals surface area contributed by atoms with Gasteiger partial charge in [-0.3, -0.25) is 9.78 Å². The Bertz CT molecular complexity index is 822. The third-order valence-corrected chi connectivity index (χ3v) is 4.44. The van der Waals surface area contributed by atoms with Gasteiger partial charge in [0, 0.05) is 35.1 Å². The Balaban J connectivity index is 1.73. The molecular weight excluding hydrogens is 332 g/mol. The predicted molar refractivity (Wildman–Crippen MR) is 90.5 cm³/mol. The van der Waals surface area contributed by atoms with E-state index in [0.29, 0.717) is 10.7 Å². The van der Waals surface area contributed by atoms with E-state index in [1.165, 1.54) is 23.6 Å². The van der Waals surface area contributed by atoms with Crippen LogP contribution >= 0.6 is 22.9 Å². The number of hydrogen-bond acceptors (Lipinski definition) is 5. The van der Waals surface area contributed by atoms with Crippen LogP contribution < -0.4 is 5.32 Å². The second-order valence-corrected chi connectivity index (χ2v) is 6.15. The Morgan fingerprint density at radius 1 is 1.26 bits per heavy atom. The molecule has 1 atom stereocenters. The standard InChI is InChI=1S/C16H13ClN4OS/c1-10(20-15(22)12-4-7-19-14(17)8-12)16-21-13(9-23-16)11-2-5-18-6-3-11/h2-10H,1H3,(H,20,22). The van der Waals surface area contributed by atoms with Crippen molar-refractivity contribution < 1.29 is 4.79 Å². The minimum atomic E-state index is -0.206. The van der Waals surface area contributed by atoms with Crippen LogP contribution in [0.1, 0.15) is 28.3 Å². The number of hydrogen-bond donors (Lipinski definition) is 1.